The van der Waals surface area contributed by atoms with Crippen molar-refractivity contribution in [3.8, 4) is 5.75 Å². The van der Waals surface area contributed by atoms with Gasteiger partial charge in [-0.05, 0) is 24.3 Å². The summed E-state index contributed by atoms with van der Waals surface area (Å²) in [4.78, 5) is 27.8. The molecule has 1 saturated heterocycles. The van der Waals surface area contributed by atoms with E-state index in [2.05, 4.69) is 42.4 Å². The van der Waals surface area contributed by atoms with Crippen LogP contribution in [-0.2, 0) is 9.53 Å². The zero-order chi connectivity index (χ0) is 27.6. The number of aromatic nitrogens is 3. The Morgan fingerprint density at radius 1 is 1.23 bits per heavy atom. The van der Waals surface area contributed by atoms with Crippen LogP contribution in [0.4, 0.5) is 23.0 Å². The highest BCUT2D eigenvalue weighted by Crippen LogP contribution is 2.37. The second kappa shape index (κ2) is 13.6. The van der Waals surface area contributed by atoms with E-state index in [1.807, 2.05) is 18.2 Å². The molecule has 0 saturated carbocycles. The van der Waals surface area contributed by atoms with Gasteiger partial charge in [-0.25, -0.2) is 9.97 Å². The molecule has 5 N–H and O–H groups in total. The first-order chi connectivity index (χ1) is 19.0. The Morgan fingerprint density at radius 3 is 2.74 bits per heavy atom. The standard InChI is InChI=1S/C27H31ClN8O3/c1-3-25(37)33-22-14-23(24(38-2)15-21(22)31-8-9-36-10-12-39-13-11-36)34-27-32-17-19(28)26(35-27)18(16-29)20-6-4-5-7-30-20/h3-7,14-17,31H,1,8-13,29H2,2H3,(H,33,37)(H,32,34,35). The summed E-state index contributed by atoms with van der Waals surface area (Å²) in [7, 11) is 1.56. The van der Waals surface area contributed by atoms with Gasteiger partial charge in [0.25, 0.3) is 0 Å². The van der Waals surface area contributed by atoms with Gasteiger partial charge >= 0.3 is 0 Å². The fraction of sp³-hybridized carbons (Fsp3) is 0.259. The maximum Gasteiger partial charge on any atom is 0.247 e. The number of carbonyl (C=O) groups excluding carboxylic acids is 1. The molecule has 39 heavy (non-hydrogen) atoms. The number of amides is 1. The lowest BCUT2D eigenvalue weighted by Crippen LogP contribution is -2.39. The van der Waals surface area contributed by atoms with E-state index >= 15 is 0 Å². The lowest BCUT2D eigenvalue weighted by Gasteiger charge is -2.27. The molecule has 1 amide bonds. The van der Waals surface area contributed by atoms with E-state index in [0.29, 0.717) is 51.3 Å². The summed E-state index contributed by atoms with van der Waals surface area (Å²) in [5.74, 6) is 0.414. The number of anilines is 4. The first-order valence-corrected chi connectivity index (χ1v) is 12.7. The van der Waals surface area contributed by atoms with Gasteiger partial charge in [-0.1, -0.05) is 24.2 Å². The molecule has 3 aromatic rings. The highest BCUT2D eigenvalue weighted by Gasteiger charge is 2.17. The van der Waals surface area contributed by atoms with Crippen LogP contribution >= 0.6 is 11.6 Å². The molecule has 204 valence electrons. The van der Waals surface area contributed by atoms with Crippen LogP contribution in [0.3, 0.4) is 0 Å². The number of nitrogens with two attached hydrogens (primary N) is 1. The van der Waals surface area contributed by atoms with Crippen LogP contribution in [0.5, 0.6) is 5.75 Å². The zero-order valence-corrected chi connectivity index (χ0v) is 22.4. The third kappa shape index (κ3) is 7.23. The van der Waals surface area contributed by atoms with Crippen molar-refractivity contribution in [2.24, 2.45) is 5.73 Å². The highest BCUT2D eigenvalue weighted by atomic mass is 35.5. The predicted octanol–water partition coefficient (Wildman–Crippen LogP) is 3.49. The Labute approximate surface area is 232 Å². The van der Waals surface area contributed by atoms with Gasteiger partial charge in [0.05, 0.1) is 60.0 Å². The summed E-state index contributed by atoms with van der Waals surface area (Å²) in [5.41, 5.74) is 9.26. The van der Waals surface area contributed by atoms with E-state index in [1.165, 1.54) is 18.5 Å². The first kappa shape index (κ1) is 27.8. The van der Waals surface area contributed by atoms with Crippen LogP contribution < -0.4 is 26.4 Å². The largest absolute Gasteiger partial charge is 0.494 e. The minimum atomic E-state index is -0.347. The number of methoxy groups -OCH3 is 1. The van der Waals surface area contributed by atoms with Crippen molar-refractivity contribution in [1.82, 2.24) is 19.9 Å². The van der Waals surface area contributed by atoms with Gasteiger partial charge in [-0.2, -0.15) is 0 Å². The minimum absolute atomic E-state index is 0.247. The molecular weight excluding hydrogens is 520 g/mol. The zero-order valence-electron chi connectivity index (χ0n) is 21.6. The lowest BCUT2D eigenvalue weighted by molar-refractivity contribution is -0.111. The topological polar surface area (TPSA) is 140 Å². The maximum atomic E-state index is 12.2. The molecule has 1 aliphatic heterocycles. The number of halogens is 1. The molecule has 2 aromatic heterocycles. The van der Waals surface area contributed by atoms with Gasteiger partial charge in [0.15, 0.2) is 0 Å². The van der Waals surface area contributed by atoms with E-state index in [0.717, 1.165) is 32.8 Å². The molecule has 12 heteroatoms. The van der Waals surface area contributed by atoms with Crippen molar-refractivity contribution in [2.75, 3.05) is 62.5 Å². The van der Waals surface area contributed by atoms with E-state index in [1.54, 1.807) is 25.4 Å². The molecule has 1 aliphatic rings. The number of hydrogen-bond acceptors (Lipinski definition) is 10. The Kier molecular flexibility index (Phi) is 9.68. The van der Waals surface area contributed by atoms with Gasteiger partial charge in [-0.3, -0.25) is 14.7 Å². The average Bonchev–Trinajstić information content (AvgIpc) is 2.97. The van der Waals surface area contributed by atoms with Crippen molar-refractivity contribution in [3.05, 3.63) is 78.0 Å². The monoisotopic (exact) mass is 550 g/mol. The SMILES string of the molecule is C=CC(=O)Nc1cc(Nc2ncc(Cl)c(C(=CN)c3ccccn3)n2)c(OC)cc1NCCN1CCOCC1. The van der Waals surface area contributed by atoms with Crippen LogP contribution in [0, 0.1) is 0 Å². The number of pyridine rings is 1. The first-order valence-electron chi connectivity index (χ1n) is 12.3. The fourth-order valence-corrected chi connectivity index (χ4v) is 4.19. The molecule has 0 unspecified atom stereocenters. The molecule has 0 radical (unpaired) electrons. The van der Waals surface area contributed by atoms with Gasteiger partial charge in [0.1, 0.15) is 5.75 Å². The predicted molar refractivity (Wildman–Crippen MR) is 153 cm³/mol. The summed E-state index contributed by atoms with van der Waals surface area (Å²) in [6.45, 7) is 8.28. The summed E-state index contributed by atoms with van der Waals surface area (Å²) in [5, 5.41) is 9.73. The second-order valence-corrected chi connectivity index (χ2v) is 8.89. The van der Waals surface area contributed by atoms with Crippen LogP contribution in [-0.4, -0.2) is 72.3 Å². The fourth-order valence-electron chi connectivity index (χ4n) is 4.00. The van der Waals surface area contributed by atoms with E-state index < -0.39 is 0 Å². The minimum Gasteiger partial charge on any atom is -0.494 e. The van der Waals surface area contributed by atoms with Gasteiger partial charge in [0, 0.05) is 50.2 Å². The van der Waals surface area contributed by atoms with Crippen molar-refractivity contribution >= 4 is 46.1 Å². The normalized spacial score (nSPS) is 13.9. The lowest BCUT2D eigenvalue weighted by atomic mass is 10.1. The second-order valence-electron chi connectivity index (χ2n) is 8.48. The Morgan fingerprint density at radius 2 is 2.05 bits per heavy atom. The molecule has 3 heterocycles. The Bertz CT molecular complexity index is 1330. The number of nitrogens with one attached hydrogen (secondary N) is 3. The van der Waals surface area contributed by atoms with Crippen molar-refractivity contribution in [2.45, 2.75) is 0 Å². The van der Waals surface area contributed by atoms with Crippen molar-refractivity contribution in [3.63, 3.8) is 0 Å². The third-order valence-electron chi connectivity index (χ3n) is 5.98. The van der Waals surface area contributed by atoms with E-state index in [4.69, 9.17) is 26.8 Å². The summed E-state index contributed by atoms with van der Waals surface area (Å²) >= 11 is 6.43. The molecular formula is C27H31ClN8O3. The number of rotatable bonds is 11. The number of ether oxygens (including phenoxy) is 2. The maximum absolute atomic E-state index is 12.2. The number of nitrogens with zero attached hydrogens (tertiary/aromatic N) is 4. The molecule has 0 bridgehead atoms. The Balaban J connectivity index is 1.61. The summed E-state index contributed by atoms with van der Waals surface area (Å²) < 4.78 is 11.1. The van der Waals surface area contributed by atoms with Crippen molar-refractivity contribution in [1.29, 1.82) is 0 Å². The van der Waals surface area contributed by atoms with Crippen molar-refractivity contribution < 1.29 is 14.3 Å². The average molecular weight is 551 g/mol. The quantitative estimate of drug-likeness (QED) is 0.262. The number of morpholine rings is 1. The van der Waals surface area contributed by atoms with Crippen LogP contribution in [0.1, 0.15) is 11.4 Å². The van der Waals surface area contributed by atoms with E-state index in [9.17, 15) is 4.79 Å². The van der Waals surface area contributed by atoms with Gasteiger partial charge in [-0.15, -0.1) is 0 Å². The van der Waals surface area contributed by atoms with Crippen LogP contribution in [0.15, 0.2) is 61.6 Å². The number of hydrogen-bond donors (Lipinski definition) is 4. The summed E-state index contributed by atoms with van der Waals surface area (Å²) in [6, 6.07) is 9.01. The smallest absolute Gasteiger partial charge is 0.247 e. The van der Waals surface area contributed by atoms with Gasteiger partial charge in [0.2, 0.25) is 11.9 Å². The number of carbonyl (C=O) groups is 1. The molecule has 0 atom stereocenters. The molecule has 1 fully saturated rings. The van der Waals surface area contributed by atoms with E-state index in [-0.39, 0.29) is 11.9 Å². The number of benzene rings is 1. The molecule has 0 spiro atoms. The Hall–Kier alpha value is -4.19. The molecule has 0 aliphatic carbocycles. The molecule has 11 nitrogen and oxygen atoms in total. The molecule has 1 aromatic carbocycles. The third-order valence-corrected chi connectivity index (χ3v) is 6.26. The highest BCUT2D eigenvalue weighted by molar-refractivity contribution is 6.32. The summed E-state index contributed by atoms with van der Waals surface area (Å²) in [6.07, 6.45) is 5.75. The molecule has 4 rings (SSSR count). The van der Waals surface area contributed by atoms with Crippen LogP contribution in [0.2, 0.25) is 5.02 Å². The van der Waals surface area contributed by atoms with Crippen LogP contribution in [0.25, 0.3) is 5.57 Å². The van der Waals surface area contributed by atoms with Gasteiger partial charge < -0.3 is 31.2 Å².